The van der Waals surface area contributed by atoms with Crippen molar-refractivity contribution in [3.8, 4) is 11.1 Å². The zero-order valence-electron chi connectivity index (χ0n) is 18.0. The third-order valence-corrected chi connectivity index (χ3v) is 6.52. The van der Waals surface area contributed by atoms with Gasteiger partial charge in [0.2, 0.25) is 0 Å². The fraction of sp³-hybridized carbons (Fsp3) is 0.308. The molecule has 3 aromatic rings. The van der Waals surface area contributed by atoms with Crippen molar-refractivity contribution < 1.29 is 9.18 Å². The summed E-state index contributed by atoms with van der Waals surface area (Å²) >= 11 is 0. The van der Waals surface area contributed by atoms with E-state index in [0.29, 0.717) is 38.3 Å². The molecule has 1 fully saturated rings. The summed E-state index contributed by atoms with van der Waals surface area (Å²) in [6, 6.07) is 17.8. The number of aromatic nitrogens is 1. The minimum absolute atomic E-state index is 0.00624. The average molecular weight is 432 g/mol. The molecule has 164 valence electrons. The standard InChI is InChI=1S/C26H26FN3O2/c27-20-9-11-21(12-10-20)28-14-16-29(17-15-28)26(32)25-22(19-6-2-1-3-7-19)18-24(31)30-13-5-4-8-23(25)30/h1-3,6-7,9-12,18H,4-5,8,13-17H2. The van der Waals surface area contributed by atoms with E-state index in [9.17, 15) is 14.0 Å². The lowest BCUT2D eigenvalue weighted by molar-refractivity contribution is 0.0744. The average Bonchev–Trinajstić information content (AvgIpc) is 2.85. The van der Waals surface area contributed by atoms with E-state index in [1.807, 2.05) is 35.2 Å². The maximum absolute atomic E-state index is 13.8. The van der Waals surface area contributed by atoms with Gasteiger partial charge in [-0.3, -0.25) is 9.59 Å². The molecule has 6 heteroatoms. The first-order valence-corrected chi connectivity index (χ1v) is 11.2. The zero-order valence-corrected chi connectivity index (χ0v) is 18.0. The quantitative estimate of drug-likeness (QED) is 0.631. The molecule has 0 N–H and O–H groups in total. The van der Waals surface area contributed by atoms with Crippen LogP contribution in [0.15, 0.2) is 65.5 Å². The summed E-state index contributed by atoms with van der Waals surface area (Å²) in [6.45, 7) is 3.22. The van der Waals surface area contributed by atoms with Crippen LogP contribution in [-0.4, -0.2) is 41.6 Å². The van der Waals surface area contributed by atoms with Gasteiger partial charge < -0.3 is 14.4 Å². The van der Waals surface area contributed by atoms with Crippen molar-refractivity contribution in [2.24, 2.45) is 0 Å². The molecule has 0 unspecified atom stereocenters. The Morgan fingerprint density at radius 2 is 1.56 bits per heavy atom. The van der Waals surface area contributed by atoms with Gasteiger partial charge in [0.15, 0.2) is 0 Å². The molecule has 0 aliphatic carbocycles. The maximum Gasteiger partial charge on any atom is 0.256 e. The number of hydrogen-bond donors (Lipinski definition) is 0. The van der Waals surface area contributed by atoms with Crippen molar-refractivity contribution >= 4 is 11.6 Å². The highest BCUT2D eigenvalue weighted by Crippen LogP contribution is 2.29. The van der Waals surface area contributed by atoms with E-state index in [1.54, 1.807) is 22.8 Å². The number of pyridine rings is 1. The summed E-state index contributed by atoms with van der Waals surface area (Å²) in [4.78, 5) is 30.7. The van der Waals surface area contributed by atoms with Crippen LogP contribution in [0.4, 0.5) is 10.1 Å². The molecule has 1 amide bonds. The van der Waals surface area contributed by atoms with E-state index < -0.39 is 0 Å². The summed E-state index contributed by atoms with van der Waals surface area (Å²) < 4.78 is 15.0. The summed E-state index contributed by atoms with van der Waals surface area (Å²) in [5.41, 5.74) is 4.10. The number of halogens is 1. The Labute approximate surface area is 186 Å². The highest BCUT2D eigenvalue weighted by atomic mass is 19.1. The van der Waals surface area contributed by atoms with Crippen LogP contribution in [-0.2, 0) is 13.0 Å². The minimum Gasteiger partial charge on any atom is -0.368 e. The number of carbonyl (C=O) groups excluding carboxylic acids is 1. The highest BCUT2D eigenvalue weighted by Gasteiger charge is 2.29. The van der Waals surface area contributed by atoms with Crippen LogP contribution in [0.5, 0.6) is 0 Å². The Bertz CT molecular complexity index is 1180. The topological polar surface area (TPSA) is 45.6 Å². The molecule has 2 aromatic carbocycles. The predicted octanol–water partition coefficient (Wildman–Crippen LogP) is 3.95. The number of amides is 1. The van der Waals surface area contributed by atoms with Gasteiger partial charge in [0.25, 0.3) is 11.5 Å². The molecule has 0 bridgehead atoms. The van der Waals surface area contributed by atoms with Crippen molar-refractivity contribution in [1.82, 2.24) is 9.47 Å². The second-order valence-corrected chi connectivity index (χ2v) is 8.45. The van der Waals surface area contributed by atoms with Gasteiger partial charge >= 0.3 is 0 Å². The van der Waals surface area contributed by atoms with Gasteiger partial charge in [-0.1, -0.05) is 30.3 Å². The SMILES string of the molecule is O=C(c1c(-c2ccccc2)cc(=O)n2c1CCCC2)N1CCN(c2ccc(F)cc2)CC1. The first-order valence-electron chi connectivity index (χ1n) is 11.2. The van der Waals surface area contributed by atoms with Crippen LogP contribution in [0, 0.1) is 5.82 Å². The molecule has 32 heavy (non-hydrogen) atoms. The van der Waals surface area contributed by atoms with Crippen LogP contribution < -0.4 is 10.5 Å². The number of nitrogens with zero attached hydrogens (tertiary/aromatic N) is 3. The Kier molecular flexibility index (Phi) is 5.52. The predicted molar refractivity (Wildman–Crippen MR) is 124 cm³/mol. The number of rotatable bonds is 3. The van der Waals surface area contributed by atoms with E-state index in [2.05, 4.69) is 4.90 Å². The first kappa shape index (κ1) is 20.5. The van der Waals surface area contributed by atoms with Crippen molar-refractivity contribution in [3.63, 3.8) is 0 Å². The molecule has 2 aliphatic rings. The molecule has 5 nitrogen and oxygen atoms in total. The normalized spacial score (nSPS) is 16.0. The maximum atomic E-state index is 13.8. The molecule has 0 radical (unpaired) electrons. The van der Waals surface area contributed by atoms with Gasteiger partial charge in [0.05, 0.1) is 5.56 Å². The summed E-state index contributed by atoms with van der Waals surface area (Å²) in [5.74, 6) is -0.256. The lowest BCUT2D eigenvalue weighted by atomic mass is 9.93. The third-order valence-electron chi connectivity index (χ3n) is 6.52. The van der Waals surface area contributed by atoms with E-state index in [-0.39, 0.29) is 17.3 Å². The first-order chi connectivity index (χ1) is 15.6. The Balaban J connectivity index is 1.47. The van der Waals surface area contributed by atoms with E-state index in [1.165, 1.54) is 12.1 Å². The van der Waals surface area contributed by atoms with Crippen LogP contribution >= 0.6 is 0 Å². The number of benzene rings is 2. The molecular weight excluding hydrogens is 405 g/mol. The Hall–Kier alpha value is -3.41. The van der Waals surface area contributed by atoms with Crippen molar-refractivity contribution in [2.75, 3.05) is 31.1 Å². The highest BCUT2D eigenvalue weighted by molar-refractivity contribution is 6.02. The van der Waals surface area contributed by atoms with Gasteiger partial charge in [-0.25, -0.2) is 4.39 Å². The fourth-order valence-electron chi connectivity index (χ4n) is 4.83. The smallest absolute Gasteiger partial charge is 0.256 e. The number of anilines is 1. The molecule has 0 saturated carbocycles. The van der Waals surface area contributed by atoms with E-state index >= 15 is 0 Å². The van der Waals surface area contributed by atoms with E-state index in [0.717, 1.165) is 41.8 Å². The van der Waals surface area contributed by atoms with Gasteiger partial charge in [-0.2, -0.15) is 0 Å². The molecule has 1 saturated heterocycles. The second kappa shape index (κ2) is 8.61. The van der Waals surface area contributed by atoms with Crippen LogP contribution in [0.2, 0.25) is 0 Å². The Morgan fingerprint density at radius 1 is 0.844 bits per heavy atom. The number of carbonyl (C=O) groups is 1. The number of hydrogen-bond acceptors (Lipinski definition) is 3. The van der Waals surface area contributed by atoms with Gasteiger partial charge in [0.1, 0.15) is 5.82 Å². The van der Waals surface area contributed by atoms with Crippen molar-refractivity contribution in [2.45, 2.75) is 25.8 Å². The molecule has 0 spiro atoms. The number of fused-ring (bicyclic) bond motifs is 1. The van der Waals surface area contributed by atoms with E-state index in [4.69, 9.17) is 0 Å². The monoisotopic (exact) mass is 431 g/mol. The van der Waals surface area contributed by atoms with Crippen molar-refractivity contribution in [3.05, 3.63) is 88.1 Å². The summed E-state index contributed by atoms with van der Waals surface area (Å²) in [6.07, 6.45) is 2.68. The van der Waals surface area contributed by atoms with Crippen LogP contribution in [0.1, 0.15) is 28.9 Å². The van der Waals surface area contributed by atoms with Gasteiger partial charge in [-0.05, 0) is 49.1 Å². The molecule has 0 atom stereocenters. The molecule has 3 heterocycles. The Morgan fingerprint density at radius 3 is 2.28 bits per heavy atom. The molecular formula is C26H26FN3O2. The number of piperazine rings is 1. The second-order valence-electron chi connectivity index (χ2n) is 8.45. The summed E-state index contributed by atoms with van der Waals surface area (Å²) in [7, 11) is 0. The molecule has 5 rings (SSSR count). The fourth-order valence-corrected chi connectivity index (χ4v) is 4.83. The van der Waals surface area contributed by atoms with Crippen LogP contribution in [0.3, 0.4) is 0 Å². The molecule has 2 aliphatic heterocycles. The minimum atomic E-state index is -0.250. The van der Waals surface area contributed by atoms with Gasteiger partial charge in [-0.15, -0.1) is 0 Å². The molecule has 1 aromatic heterocycles. The van der Waals surface area contributed by atoms with Crippen molar-refractivity contribution in [1.29, 1.82) is 0 Å². The zero-order chi connectivity index (χ0) is 22.1. The van der Waals surface area contributed by atoms with Gasteiger partial charge in [0, 0.05) is 55.7 Å². The summed E-state index contributed by atoms with van der Waals surface area (Å²) in [5, 5.41) is 0. The van der Waals surface area contributed by atoms with Crippen LogP contribution in [0.25, 0.3) is 11.1 Å². The lowest BCUT2D eigenvalue weighted by Gasteiger charge is -2.37. The third kappa shape index (κ3) is 3.81. The lowest BCUT2D eigenvalue weighted by Crippen LogP contribution is -2.49. The largest absolute Gasteiger partial charge is 0.368 e.